The molecule has 0 unspecified atom stereocenters. The van der Waals surface area contributed by atoms with E-state index >= 15 is 0 Å². The van der Waals surface area contributed by atoms with Gasteiger partial charge in [0, 0.05) is 31.0 Å². The highest BCUT2D eigenvalue weighted by molar-refractivity contribution is 7.89. The Bertz CT molecular complexity index is 819. The number of nitrogens with zero attached hydrogens (tertiary/aromatic N) is 2. The number of ketones is 1. The average molecular weight is 350 g/mol. The Morgan fingerprint density at radius 1 is 1.26 bits per heavy atom. The number of aromatic nitrogens is 1. The number of benzene rings is 1. The summed E-state index contributed by atoms with van der Waals surface area (Å²) in [5.41, 5.74) is 1.63. The van der Waals surface area contributed by atoms with Crippen LogP contribution in [0.2, 0.25) is 0 Å². The van der Waals surface area contributed by atoms with Crippen molar-refractivity contribution in [2.75, 3.05) is 14.1 Å². The van der Waals surface area contributed by atoms with E-state index in [1.54, 1.807) is 24.3 Å². The van der Waals surface area contributed by atoms with Gasteiger partial charge in [0.25, 0.3) is 0 Å². The van der Waals surface area contributed by atoms with Crippen molar-refractivity contribution in [3.05, 3.63) is 34.7 Å². The zero-order valence-corrected chi connectivity index (χ0v) is 14.7. The molecule has 0 bridgehead atoms. The van der Waals surface area contributed by atoms with Gasteiger partial charge in [-0.2, -0.15) is 0 Å². The molecule has 0 saturated heterocycles. The second-order valence-corrected chi connectivity index (χ2v) is 8.95. The zero-order chi connectivity index (χ0) is 16.6. The molecular weight excluding hydrogens is 332 g/mol. The summed E-state index contributed by atoms with van der Waals surface area (Å²) in [5.74, 6) is 0.524. The number of sulfonamides is 1. The van der Waals surface area contributed by atoms with E-state index in [2.05, 4.69) is 4.98 Å². The van der Waals surface area contributed by atoms with Crippen molar-refractivity contribution < 1.29 is 13.2 Å². The number of rotatable bonds is 6. The summed E-state index contributed by atoms with van der Waals surface area (Å²) in [6, 6.07) is 6.66. The van der Waals surface area contributed by atoms with E-state index in [4.69, 9.17) is 0 Å². The van der Waals surface area contributed by atoms with Crippen molar-refractivity contribution in [2.45, 2.75) is 24.2 Å². The Kier molecular flexibility index (Phi) is 4.35. The molecule has 0 N–H and O–H groups in total. The van der Waals surface area contributed by atoms with E-state index in [0.29, 0.717) is 6.42 Å². The maximum absolute atomic E-state index is 12.0. The summed E-state index contributed by atoms with van der Waals surface area (Å²) in [6.45, 7) is 0. The minimum Gasteiger partial charge on any atom is -0.299 e. The summed E-state index contributed by atoms with van der Waals surface area (Å²) in [7, 11) is -0.405. The molecule has 3 rings (SSSR count). The van der Waals surface area contributed by atoms with Crippen LogP contribution in [0.5, 0.6) is 0 Å². The van der Waals surface area contributed by atoms with E-state index in [-0.39, 0.29) is 16.6 Å². The second-order valence-electron chi connectivity index (χ2n) is 5.86. The second kappa shape index (κ2) is 6.14. The lowest BCUT2D eigenvalue weighted by Crippen LogP contribution is -2.22. The first-order valence-corrected chi connectivity index (χ1v) is 9.70. The Balaban J connectivity index is 1.77. The monoisotopic (exact) mass is 350 g/mol. The van der Waals surface area contributed by atoms with Crippen molar-refractivity contribution in [1.82, 2.24) is 9.29 Å². The van der Waals surface area contributed by atoms with E-state index in [1.807, 2.05) is 5.38 Å². The summed E-state index contributed by atoms with van der Waals surface area (Å²) < 4.78 is 25.3. The molecule has 1 aliphatic rings. The van der Waals surface area contributed by atoms with Crippen LogP contribution in [0.4, 0.5) is 0 Å². The molecule has 1 aromatic heterocycles. The van der Waals surface area contributed by atoms with Crippen molar-refractivity contribution in [1.29, 1.82) is 0 Å². The summed E-state index contributed by atoms with van der Waals surface area (Å²) >= 11 is 1.47. The van der Waals surface area contributed by atoms with E-state index in [1.165, 1.54) is 29.7 Å². The highest BCUT2D eigenvalue weighted by Gasteiger charge is 2.29. The molecule has 7 heteroatoms. The molecule has 23 heavy (non-hydrogen) atoms. The van der Waals surface area contributed by atoms with Gasteiger partial charge in [0.1, 0.15) is 10.8 Å². The Labute approximate surface area is 140 Å². The molecule has 0 radical (unpaired) electrons. The van der Waals surface area contributed by atoms with Gasteiger partial charge in [-0.25, -0.2) is 17.7 Å². The number of Topliss-reactive ketones (excluding diaryl/α,β-unsaturated/α-hetero) is 1. The first-order valence-electron chi connectivity index (χ1n) is 7.38. The lowest BCUT2D eigenvalue weighted by molar-refractivity contribution is -0.119. The number of carbonyl (C=O) groups excluding carboxylic acids is 1. The molecule has 5 nitrogen and oxygen atoms in total. The number of carbonyl (C=O) groups is 1. The Morgan fingerprint density at radius 3 is 2.48 bits per heavy atom. The van der Waals surface area contributed by atoms with Gasteiger partial charge in [-0.15, -0.1) is 11.3 Å². The molecule has 0 spiro atoms. The zero-order valence-electron chi connectivity index (χ0n) is 13.0. The lowest BCUT2D eigenvalue weighted by Gasteiger charge is -2.11. The SMILES string of the molecule is CN(C)S(=O)(=O)c1ccc(-c2csc(CC(=O)C3CC3)n2)cc1. The summed E-state index contributed by atoms with van der Waals surface area (Å²) in [4.78, 5) is 16.6. The van der Waals surface area contributed by atoms with Gasteiger partial charge in [0.15, 0.2) is 0 Å². The van der Waals surface area contributed by atoms with Gasteiger partial charge in [-0.1, -0.05) is 12.1 Å². The van der Waals surface area contributed by atoms with Gasteiger partial charge >= 0.3 is 0 Å². The molecule has 0 amide bonds. The molecule has 0 atom stereocenters. The van der Waals surface area contributed by atoms with Crippen LogP contribution in [0.1, 0.15) is 17.8 Å². The van der Waals surface area contributed by atoms with Gasteiger partial charge < -0.3 is 0 Å². The summed E-state index contributed by atoms with van der Waals surface area (Å²) in [6.07, 6.45) is 2.43. The quantitative estimate of drug-likeness (QED) is 0.803. The first kappa shape index (κ1) is 16.3. The maximum atomic E-state index is 12.0. The predicted molar refractivity (Wildman–Crippen MR) is 89.9 cm³/mol. The number of hydrogen-bond donors (Lipinski definition) is 0. The lowest BCUT2D eigenvalue weighted by atomic mass is 10.2. The molecule has 1 saturated carbocycles. The molecule has 1 heterocycles. The third-order valence-corrected chi connectivity index (χ3v) is 6.52. The van der Waals surface area contributed by atoms with Crippen LogP contribution in [-0.4, -0.2) is 37.6 Å². The average Bonchev–Trinajstić information content (AvgIpc) is 3.28. The number of thiazole rings is 1. The van der Waals surface area contributed by atoms with Crippen LogP contribution in [0.25, 0.3) is 11.3 Å². The van der Waals surface area contributed by atoms with Crippen LogP contribution < -0.4 is 0 Å². The number of hydrogen-bond acceptors (Lipinski definition) is 5. The normalized spacial score (nSPS) is 15.1. The highest BCUT2D eigenvalue weighted by atomic mass is 32.2. The molecular formula is C16H18N2O3S2. The van der Waals surface area contributed by atoms with Gasteiger partial charge in [-0.3, -0.25) is 4.79 Å². The fraction of sp³-hybridized carbons (Fsp3) is 0.375. The largest absolute Gasteiger partial charge is 0.299 e. The minimum atomic E-state index is -3.42. The van der Waals surface area contributed by atoms with Gasteiger partial charge in [0.05, 0.1) is 17.0 Å². The van der Waals surface area contributed by atoms with Crippen LogP contribution >= 0.6 is 11.3 Å². The highest BCUT2D eigenvalue weighted by Crippen LogP contribution is 2.32. The maximum Gasteiger partial charge on any atom is 0.242 e. The van der Waals surface area contributed by atoms with Crippen molar-refractivity contribution >= 4 is 27.1 Å². The fourth-order valence-corrected chi connectivity index (χ4v) is 3.95. The molecule has 1 aromatic carbocycles. The molecule has 1 aliphatic carbocycles. The van der Waals surface area contributed by atoms with Crippen molar-refractivity contribution in [3.63, 3.8) is 0 Å². The smallest absolute Gasteiger partial charge is 0.242 e. The van der Waals surface area contributed by atoms with Crippen molar-refractivity contribution in [2.24, 2.45) is 5.92 Å². The van der Waals surface area contributed by atoms with Crippen molar-refractivity contribution in [3.8, 4) is 11.3 Å². The first-order chi connectivity index (χ1) is 10.9. The van der Waals surface area contributed by atoms with E-state index < -0.39 is 10.0 Å². The topological polar surface area (TPSA) is 67.3 Å². The third-order valence-electron chi connectivity index (χ3n) is 3.84. The minimum absolute atomic E-state index is 0.248. The molecule has 1 fully saturated rings. The van der Waals surface area contributed by atoms with Gasteiger partial charge in [-0.05, 0) is 25.0 Å². The molecule has 0 aliphatic heterocycles. The van der Waals surface area contributed by atoms with Crippen LogP contribution in [0, 0.1) is 5.92 Å². The standard InChI is InChI=1S/C16H18N2O3S2/c1-18(2)23(20,21)13-7-5-11(6-8-13)14-10-22-16(17-14)9-15(19)12-3-4-12/h5-8,10,12H,3-4,9H2,1-2H3. The summed E-state index contributed by atoms with van der Waals surface area (Å²) in [5, 5.41) is 2.73. The fourth-order valence-electron chi connectivity index (χ4n) is 2.23. The third kappa shape index (κ3) is 3.52. The van der Waals surface area contributed by atoms with Crippen LogP contribution in [-0.2, 0) is 21.2 Å². The Hall–Kier alpha value is -1.57. The van der Waals surface area contributed by atoms with Gasteiger partial charge in [0.2, 0.25) is 10.0 Å². The van der Waals surface area contributed by atoms with Crippen LogP contribution in [0.3, 0.4) is 0 Å². The van der Waals surface area contributed by atoms with E-state index in [9.17, 15) is 13.2 Å². The Morgan fingerprint density at radius 2 is 1.91 bits per heavy atom. The predicted octanol–water partition coefficient (Wildman–Crippen LogP) is 2.58. The van der Waals surface area contributed by atoms with Crippen LogP contribution in [0.15, 0.2) is 34.5 Å². The van der Waals surface area contributed by atoms with E-state index in [0.717, 1.165) is 29.1 Å². The molecule has 122 valence electrons. The molecule has 2 aromatic rings.